The van der Waals surface area contributed by atoms with Gasteiger partial charge in [0.2, 0.25) is 5.91 Å². The minimum absolute atomic E-state index is 0.156. The van der Waals surface area contributed by atoms with Gasteiger partial charge in [-0.3, -0.25) is 20.4 Å². The van der Waals surface area contributed by atoms with Gasteiger partial charge in [-0.1, -0.05) is 24.3 Å². The Morgan fingerprint density at radius 1 is 1.06 bits per heavy atom. The van der Waals surface area contributed by atoms with Crippen molar-refractivity contribution in [2.45, 2.75) is 46.5 Å². The third-order valence-electron chi connectivity index (χ3n) is 6.39. The first-order chi connectivity index (χ1) is 17.4. The van der Waals surface area contributed by atoms with E-state index >= 15 is 0 Å². The van der Waals surface area contributed by atoms with E-state index < -0.39 is 0 Å². The van der Waals surface area contributed by atoms with Crippen LogP contribution < -0.4 is 16.3 Å². The van der Waals surface area contributed by atoms with E-state index in [-0.39, 0.29) is 24.0 Å². The summed E-state index contributed by atoms with van der Waals surface area (Å²) in [4.78, 5) is 25.5. The number of hydrazone groups is 1. The van der Waals surface area contributed by atoms with Crippen LogP contribution in [0.2, 0.25) is 0 Å². The molecule has 0 radical (unpaired) electrons. The van der Waals surface area contributed by atoms with Crippen molar-refractivity contribution in [2.75, 3.05) is 5.43 Å². The Kier molecular flexibility index (Phi) is 6.33. The average Bonchev–Trinajstić information content (AvgIpc) is 3.43. The van der Waals surface area contributed by atoms with Crippen LogP contribution in [0, 0.1) is 20.8 Å². The summed E-state index contributed by atoms with van der Waals surface area (Å²) >= 11 is 0. The van der Waals surface area contributed by atoms with Gasteiger partial charge >= 0.3 is 5.91 Å². The fourth-order valence-corrected chi connectivity index (χ4v) is 4.80. The van der Waals surface area contributed by atoms with Crippen LogP contribution in [0.4, 0.5) is 5.69 Å². The quantitative estimate of drug-likeness (QED) is 0.330. The number of benzene rings is 2. The SMILES string of the molecule is Cc1cc(C)c2c(CC(=O)N/N=C3\CCCc4oc(C(=O)NNc5ccccc5)c(C)c43)coc2c1. The second-order valence-corrected chi connectivity index (χ2v) is 9.14. The Morgan fingerprint density at radius 3 is 2.67 bits per heavy atom. The van der Waals surface area contributed by atoms with Crippen molar-refractivity contribution in [1.29, 1.82) is 0 Å². The molecular formula is C28H28N4O4. The molecule has 4 aromatic rings. The summed E-state index contributed by atoms with van der Waals surface area (Å²) in [5.41, 5.74) is 15.0. The van der Waals surface area contributed by atoms with Gasteiger partial charge < -0.3 is 8.83 Å². The number of hydrazine groups is 1. The van der Waals surface area contributed by atoms with Crippen molar-refractivity contribution in [3.8, 4) is 0 Å². The summed E-state index contributed by atoms with van der Waals surface area (Å²) in [5.74, 6) is 0.346. The van der Waals surface area contributed by atoms with Crippen LogP contribution in [-0.2, 0) is 17.6 Å². The number of aryl methyl sites for hydroxylation is 3. The van der Waals surface area contributed by atoms with Crippen molar-refractivity contribution in [3.05, 3.63) is 88.1 Å². The van der Waals surface area contributed by atoms with Crippen LogP contribution in [0.3, 0.4) is 0 Å². The average molecular weight is 485 g/mol. The van der Waals surface area contributed by atoms with Crippen LogP contribution in [0.15, 0.2) is 62.7 Å². The molecule has 0 atom stereocenters. The van der Waals surface area contributed by atoms with Crippen LogP contribution in [0.25, 0.3) is 11.0 Å². The first-order valence-electron chi connectivity index (χ1n) is 12.0. The number of furan rings is 2. The molecule has 2 aromatic carbocycles. The van der Waals surface area contributed by atoms with E-state index in [1.165, 1.54) is 0 Å². The van der Waals surface area contributed by atoms with Crippen molar-refractivity contribution >= 4 is 34.2 Å². The standard InChI is InChI=1S/C28H28N4O4/c1-16-12-17(2)25-19(15-35-23(25)13-16)14-24(33)31-30-21-10-7-11-22-26(21)18(3)27(36-22)28(34)32-29-20-8-5-4-6-9-20/h4-6,8-9,12-13,15,29H,7,10-11,14H2,1-3H3,(H,31,33)(H,32,34)/b30-21+. The van der Waals surface area contributed by atoms with E-state index in [1.54, 1.807) is 6.26 Å². The number of amides is 2. The van der Waals surface area contributed by atoms with Crippen LogP contribution in [0.1, 0.15) is 57.0 Å². The first kappa shape index (κ1) is 23.4. The van der Waals surface area contributed by atoms with E-state index in [0.717, 1.165) is 45.3 Å². The molecule has 0 saturated heterocycles. The predicted molar refractivity (Wildman–Crippen MR) is 138 cm³/mol. The number of hydrogen-bond acceptors (Lipinski definition) is 6. The van der Waals surface area contributed by atoms with Gasteiger partial charge in [0.05, 0.1) is 24.1 Å². The normalized spacial score (nSPS) is 14.0. The Morgan fingerprint density at radius 2 is 1.86 bits per heavy atom. The summed E-state index contributed by atoms with van der Waals surface area (Å²) in [6, 6.07) is 13.4. The number of para-hydroxylation sites is 1. The van der Waals surface area contributed by atoms with Gasteiger partial charge in [-0.15, -0.1) is 0 Å². The van der Waals surface area contributed by atoms with Gasteiger partial charge in [-0.05, 0) is 62.9 Å². The van der Waals surface area contributed by atoms with E-state index in [0.29, 0.717) is 29.9 Å². The highest BCUT2D eigenvalue weighted by Crippen LogP contribution is 2.30. The summed E-state index contributed by atoms with van der Waals surface area (Å²) in [5, 5.41) is 5.39. The lowest BCUT2D eigenvalue weighted by Gasteiger charge is -2.13. The molecule has 8 nitrogen and oxygen atoms in total. The van der Waals surface area contributed by atoms with E-state index in [9.17, 15) is 9.59 Å². The molecule has 0 spiro atoms. The molecule has 0 saturated carbocycles. The number of carbonyl (C=O) groups is 2. The largest absolute Gasteiger partial charge is 0.464 e. The zero-order chi connectivity index (χ0) is 25.2. The molecule has 36 heavy (non-hydrogen) atoms. The molecule has 8 heteroatoms. The minimum atomic E-state index is -0.369. The lowest BCUT2D eigenvalue weighted by Crippen LogP contribution is -2.29. The number of fused-ring (bicyclic) bond motifs is 2. The summed E-state index contributed by atoms with van der Waals surface area (Å²) < 4.78 is 11.6. The van der Waals surface area contributed by atoms with Crippen LogP contribution in [0.5, 0.6) is 0 Å². The summed E-state index contributed by atoms with van der Waals surface area (Å²) in [6.07, 6.45) is 4.01. The fraction of sp³-hybridized carbons (Fsp3) is 0.250. The van der Waals surface area contributed by atoms with Crippen molar-refractivity contribution in [1.82, 2.24) is 10.9 Å². The second-order valence-electron chi connectivity index (χ2n) is 9.14. The number of hydrogen-bond donors (Lipinski definition) is 3. The number of anilines is 1. The van der Waals surface area contributed by atoms with Crippen molar-refractivity contribution in [2.24, 2.45) is 5.10 Å². The zero-order valence-corrected chi connectivity index (χ0v) is 20.5. The Balaban J connectivity index is 1.30. The third-order valence-corrected chi connectivity index (χ3v) is 6.39. The minimum Gasteiger partial charge on any atom is -0.464 e. The number of carbonyl (C=O) groups excluding carboxylic acids is 2. The molecule has 2 heterocycles. The first-order valence-corrected chi connectivity index (χ1v) is 12.0. The molecule has 2 amide bonds. The van der Waals surface area contributed by atoms with Gasteiger partial charge in [-0.25, -0.2) is 5.43 Å². The second kappa shape index (κ2) is 9.73. The highest BCUT2D eigenvalue weighted by Gasteiger charge is 2.28. The molecule has 3 N–H and O–H groups in total. The number of nitrogens with one attached hydrogen (secondary N) is 3. The molecule has 1 aliphatic rings. The van der Waals surface area contributed by atoms with Gasteiger partial charge in [-0.2, -0.15) is 5.10 Å². The van der Waals surface area contributed by atoms with Gasteiger partial charge in [0.25, 0.3) is 0 Å². The fourth-order valence-electron chi connectivity index (χ4n) is 4.80. The molecule has 0 bridgehead atoms. The molecule has 0 fully saturated rings. The molecular weight excluding hydrogens is 456 g/mol. The highest BCUT2D eigenvalue weighted by molar-refractivity contribution is 6.07. The molecule has 5 rings (SSSR count). The zero-order valence-electron chi connectivity index (χ0n) is 20.5. The van der Waals surface area contributed by atoms with Crippen molar-refractivity contribution < 1.29 is 18.4 Å². The van der Waals surface area contributed by atoms with E-state index in [1.807, 2.05) is 57.2 Å². The Bertz CT molecular complexity index is 1480. The lowest BCUT2D eigenvalue weighted by atomic mass is 9.93. The van der Waals surface area contributed by atoms with Gasteiger partial charge in [0.15, 0.2) is 5.76 Å². The Hall–Kier alpha value is -4.33. The van der Waals surface area contributed by atoms with Crippen LogP contribution >= 0.6 is 0 Å². The molecule has 2 aromatic heterocycles. The number of nitrogens with zero attached hydrogens (tertiary/aromatic N) is 1. The molecule has 0 aliphatic heterocycles. The van der Waals surface area contributed by atoms with Crippen molar-refractivity contribution in [3.63, 3.8) is 0 Å². The van der Waals surface area contributed by atoms with Crippen LogP contribution in [-0.4, -0.2) is 17.5 Å². The predicted octanol–water partition coefficient (Wildman–Crippen LogP) is 5.11. The maximum atomic E-state index is 12.8. The third kappa shape index (κ3) is 4.62. The summed E-state index contributed by atoms with van der Waals surface area (Å²) in [6.45, 7) is 5.87. The molecule has 184 valence electrons. The maximum absolute atomic E-state index is 12.8. The smallest absolute Gasteiger partial charge is 0.305 e. The van der Waals surface area contributed by atoms with Gasteiger partial charge in [0.1, 0.15) is 11.3 Å². The topological polar surface area (TPSA) is 109 Å². The van der Waals surface area contributed by atoms with E-state index in [4.69, 9.17) is 8.83 Å². The van der Waals surface area contributed by atoms with Gasteiger partial charge in [0, 0.05) is 28.5 Å². The summed E-state index contributed by atoms with van der Waals surface area (Å²) in [7, 11) is 0. The monoisotopic (exact) mass is 484 g/mol. The molecule has 1 aliphatic carbocycles. The maximum Gasteiger partial charge on any atom is 0.305 e. The van der Waals surface area contributed by atoms with E-state index in [2.05, 4.69) is 27.4 Å². The number of rotatable bonds is 6. The molecule has 0 unspecified atom stereocenters. The highest BCUT2D eigenvalue weighted by atomic mass is 16.4. The Labute approximate surface area is 208 Å². The lowest BCUT2D eigenvalue weighted by molar-refractivity contribution is -0.120.